The van der Waals surface area contributed by atoms with Crippen molar-refractivity contribution in [2.24, 2.45) is 5.92 Å². The summed E-state index contributed by atoms with van der Waals surface area (Å²) >= 11 is 0. The standard InChI is InChI=1S/C22H33FN4O2/c1-25-10-12-27(13-11-25)22(29)18-4-3-5-20(16-26(2)21(28)14-18)24-15-17-6-8-19(23)9-7-17/h6-9,18,20,24H,3-5,10-16H2,1-2H3. The number of halogens is 1. The van der Waals surface area contributed by atoms with Crippen LogP contribution in [0.1, 0.15) is 31.2 Å². The number of benzene rings is 1. The van der Waals surface area contributed by atoms with Crippen LogP contribution in [0.3, 0.4) is 0 Å². The summed E-state index contributed by atoms with van der Waals surface area (Å²) in [5.74, 6) is -0.285. The normalized spacial score (nSPS) is 24.7. The SMILES string of the molecule is CN1CCN(C(=O)C2CCCC(NCc3ccc(F)cc3)CN(C)C(=O)C2)CC1. The molecule has 1 aromatic carbocycles. The van der Waals surface area contributed by atoms with E-state index in [0.29, 0.717) is 19.5 Å². The highest BCUT2D eigenvalue weighted by atomic mass is 19.1. The number of rotatable bonds is 4. The Labute approximate surface area is 173 Å². The minimum atomic E-state index is -0.238. The molecule has 2 unspecified atom stereocenters. The zero-order valence-electron chi connectivity index (χ0n) is 17.6. The Balaban J connectivity index is 1.57. The Morgan fingerprint density at radius 3 is 2.48 bits per heavy atom. The zero-order chi connectivity index (χ0) is 20.8. The van der Waals surface area contributed by atoms with Crippen molar-refractivity contribution in [3.05, 3.63) is 35.6 Å². The van der Waals surface area contributed by atoms with Gasteiger partial charge in [-0.1, -0.05) is 18.6 Å². The van der Waals surface area contributed by atoms with E-state index >= 15 is 0 Å². The average molecular weight is 405 g/mol. The Bertz CT molecular complexity index is 689. The summed E-state index contributed by atoms with van der Waals surface area (Å²) in [6.45, 7) is 4.53. The van der Waals surface area contributed by atoms with Crippen LogP contribution < -0.4 is 5.32 Å². The molecule has 160 valence electrons. The molecule has 0 aliphatic carbocycles. The molecule has 2 saturated heterocycles. The zero-order valence-corrected chi connectivity index (χ0v) is 17.6. The van der Waals surface area contributed by atoms with Crippen molar-refractivity contribution in [1.29, 1.82) is 0 Å². The van der Waals surface area contributed by atoms with E-state index in [1.807, 2.05) is 11.9 Å². The lowest BCUT2D eigenvalue weighted by Crippen LogP contribution is -2.49. The Kier molecular flexibility index (Phi) is 7.61. The highest BCUT2D eigenvalue weighted by Gasteiger charge is 2.31. The van der Waals surface area contributed by atoms with Gasteiger partial charge in [-0.2, -0.15) is 0 Å². The van der Waals surface area contributed by atoms with Gasteiger partial charge in [0.05, 0.1) is 0 Å². The lowest BCUT2D eigenvalue weighted by molar-refractivity contribution is -0.142. The van der Waals surface area contributed by atoms with Crippen molar-refractivity contribution in [1.82, 2.24) is 20.0 Å². The van der Waals surface area contributed by atoms with E-state index in [9.17, 15) is 14.0 Å². The molecule has 7 heteroatoms. The van der Waals surface area contributed by atoms with Gasteiger partial charge in [-0.05, 0) is 37.6 Å². The molecule has 1 aromatic rings. The third-order valence-electron chi connectivity index (χ3n) is 6.12. The summed E-state index contributed by atoms with van der Waals surface area (Å²) in [5.41, 5.74) is 1.02. The molecular weight excluding hydrogens is 371 g/mol. The fraction of sp³-hybridized carbons (Fsp3) is 0.636. The molecule has 2 fully saturated rings. The second-order valence-electron chi connectivity index (χ2n) is 8.44. The van der Waals surface area contributed by atoms with Crippen LogP contribution in [0.15, 0.2) is 24.3 Å². The largest absolute Gasteiger partial charge is 0.344 e. The maximum atomic E-state index is 13.1. The van der Waals surface area contributed by atoms with E-state index in [1.54, 1.807) is 17.0 Å². The van der Waals surface area contributed by atoms with Gasteiger partial charge in [0.1, 0.15) is 5.82 Å². The minimum Gasteiger partial charge on any atom is -0.344 e. The summed E-state index contributed by atoms with van der Waals surface area (Å²) in [5, 5.41) is 3.50. The molecule has 2 heterocycles. The number of nitrogens with one attached hydrogen (secondary N) is 1. The summed E-state index contributed by atoms with van der Waals surface area (Å²) in [7, 11) is 3.89. The molecule has 0 radical (unpaired) electrons. The van der Waals surface area contributed by atoms with Crippen molar-refractivity contribution < 1.29 is 14.0 Å². The second kappa shape index (κ2) is 10.2. The summed E-state index contributed by atoms with van der Waals surface area (Å²) in [6.07, 6.45) is 2.86. The third-order valence-corrected chi connectivity index (χ3v) is 6.12. The number of hydrogen-bond donors (Lipinski definition) is 1. The van der Waals surface area contributed by atoms with Crippen molar-refractivity contribution in [3.8, 4) is 0 Å². The van der Waals surface area contributed by atoms with E-state index in [1.165, 1.54) is 12.1 Å². The quantitative estimate of drug-likeness (QED) is 0.830. The predicted molar refractivity (Wildman–Crippen MR) is 111 cm³/mol. The van der Waals surface area contributed by atoms with Crippen LogP contribution in [0.2, 0.25) is 0 Å². The Morgan fingerprint density at radius 1 is 1.10 bits per heavy atom. The summed E-state index contributed by atoms with van der Waals surface area (Å²) < 4.78 is 13.1. The van der Waals surface area contributed by atoms with Crippen LogP contribution in [0.5, 0.6) is 0 Å². The first kappa shape index (κ1) is 21.7. The van der Waals surface area contributed by atoms with Crippen molar-refractivity contribution in [2.45, 2.75) is 38.3 Å². The van der Waals surface area contributed by atoms with Crippen LogP contribution in [0.4, 0.5) is 4.39 Å². The monoisotopic (exact) mass is 404 g/mol. The van der Waals surface area contributed by atoms with Crippen LogP contribution in [0.25, 0.3) is 0 Å². The van der Waals surface area contributed by atoms with Gasteiger partial charge in [-0.25, -0.2) is 4.39 Å². The van der Waals surface area contributed by atoms with Gasteiger partial charge in [0, 0.05) is 64.7 Å². The first-order valence-corrected chi connectivity index (χ1v) is 10.6. The fourth-order valence-corrected chi connectivity index (χ4v) is 4.13. The highest BCUT2D eigenvalue weighted by molar-refractivity contribution is 5.86. The highest BCUT2D eigenvalue weighted by Crippen LogP contribution is 2.21. The molecule has 0 bridgehead atoms. The molecule has 2 aliphatic rings. The number of piperazine rings is 1. The maximum absolute atomic E-state index is 13.1. The van der Waals surface area contributed by atoms with Crippen molar-refractivity contribution >= 4 is 11.8 Å². The Morgan fingerprint density at radius 2 is 1.79 bits per heavy atom. The van der Waals surface area contributed by atoms with Crippen LogP contribution in [-0.4, -0.2) is 79.4 Å². The summed E-state index contributed by atoms with van der Waals surface area (Å²) in [4.78, 5) is 31.6. The third kappa shape index (κ3) is 6.24. The van der Waals surface area contributed by atoms with Crippen LogP contribution in [0, 0.1) is 11.7 Å². The molecule has 6 nitrogen and oxygen atoms in total. The molecule has 29 heavy (non-hydrogen) atoms. The molecule has 2 amide bonds. The van der Waals surface area contributed by atoms with E-state index in [0.717, 1.165) is 51.0 Å². The molecule has 0 aromatic heterocycles. The van der Waals surface area contributed by atoms with Gasteiger partial charge >= 0.3 is 0 Å². The Hall–Kier alpha value is -1.99. The van der Waals surface area contributed by atoms with E-state index < -0.39 is 0 Å². The number of carbonyl (C=O) groups is 2. The van der Waals surface area contributed by atoms with Gasteiger partial charge < -0.3 is 20.0 Å². The minimum absolute atomic E-state index is 0.0351. The number of likely N-dealkylation sites (N-methyl/N-ethyl adjacent to an activating group) is 2. The van der Waals surface area contributed by atoms with Gasteiger partial charge in [0.15, 0.2) is 0 Å². The molecule has 0 saturated carbocycles. The molecule has 1 N–H and O–H groups in total. The van der Waals surface area contributed by atoms with Gasteiger partial charge in [-0.15, -0.1) is 0 Å². The predicted octanol–water partition coefficient (Wildman–Crippen LogP) is 1.71. The number of carbonyl (C=O) groups excluding carboxylic acids is 2. The van der Waals surface area contributed by atoms with Gasteiger partial charge in [-0.3, -0.25) is 9.59 Å². The number of nitrogens with zero attached hydrogens (tertiary/aromatic N) is 3. The van der Waals surface area contributed by atoms with Crippen LogP contribution >= 0.6 is 0 Å². The van der Waals surface area contributed by atoms with E-state index in [4.69, 9.17) is 0 Å². The molecule has 2 aliphatic heterocycles. The van der Waals surface area contributed by atoms with Crippen molar-refractivity contribution in [2.75, 3.05) is 46.8 Å². The fourth-order valence-electron chi connectivity index (χ4n) is 4.13. The molecule has 2 atom stereocenters. The van der Waals surface area contributed by atoms with E-state index in [2.05, 4.69) is 17.3 Å². The number of hydrogen-bond acceptors (Lipinski definition) is 4. The molecule has 3 rings (SSSR count). The van der Waals surface area contributed by atoms with E-state index in [-0.39, 0.29) is 29.6 Å². The first-order chi connectivity index (χ1) is 13.9. The number of amides is 2. The van der Waals surface area contributed by atoms with Crippen LogP contribution in [-0.2, 0) is 16.1 Å². The van der Waals surface area contributed by atoms with Gasteiger partial charge in [0.25, 0.3) is 0 Å². The lowest BCUT2D eigenvalue weighted by atomic mass is 9.95. The smallest absolute Gasteiger partial charge is 0.226 e. The maximum Gasteiger partial charge on any atom is 0.226 e. The molecular formula is C22H33FN4O2. The average Bonchev–Trinajstić information content (AvgIpc) is 2.78. The second-order valence-corrected chi connectivity index (χ2v) is 8.44. The lowest BCUT2D eigenvalue weighted by Gasteiger charge is -2.34. The first-order valence-electron chi connectivity index (χ1n) is 10.6. The molecule has 0 spiro atoms. The van der Waals surface area contributed by atoms with Crippen molar-refractivity contribution in [3.63, 3.8) is 0 Å². The topological polar surface area (TPSA) is 55.9 Å². The van der Waals surface area contributed by atoms with Gasteiger partial charge in [0.2, 0.25) is 11.8 Å². The summed E-state index contributed by atoms with van der Waals surface area (Å²) in [6, 6.07) is 6.63.